The lowest BCUT2D eigenvalue weighted by Gasteiger charge is -2.11. The molecule has 1 atom stereocenters. The number of benzene rings is 1. The Morgan fingerprint density at radius 3 is 2.94 bits per heavy atom. The summed E-state index contributed by atoms with van der Waals surface area (Å²) in [5, 5.41) is 18.5. The third-order valence-electron chi connectivity index (χ3n) is 2.80. The minimum absolute atomic E-state index is 0.0119. The van der Waals surface area contributed by atoms with Crippen molar-refractivity contribution in [3.8, 4) is 5.75 Å². The highest BCUT2D eigenvalue weighted by molar-refractivity contribution is 6.62. The van der Waals surface area contributed by atoms with Crippen LogP contribution in [0, 0.1) is 5.82 Å². The highest BCUT2D eigenvalue weighted by Gasteiger charge is 2.37. The Morgan fingerprint density at radius 2 is 2.28 bits per heavy atom. The lowest BCUT2D eigenvalue weighted by molar-refractivity contribution is 0.197. The maximum absolute atomic E-state index is 13.5. The summed E-state index contributed by atoms with van der Waals surface area (Å²) in [5.74, 6) is -0.231. The van der Waals surface area contributed by atoms with Gasteiger partial charge in [-0.25, -0.2) is 4.39 Å². The van der Waals surface area contributed by atoms with E-state index >= 15 is 0 Å². The van der Waals surface area contributed by atoms with Crippen LogP contribution in [0.4, 0.5) is 4.39 Å². The summed E-state index contributed by atoms with van der Waals surface area (Å²) in [6.45, 7) is 0.387. The Kier molecular flexibility index (Phi) is 4.18. The molecule has 1 heterocycles. The van der Waals surface area contributed by atoms with E-state index in [1.807, 2.05) is 0 Å². The maximum Gasteiger partial charge on any atom is 0.495 e. The van der Waals surface area contributed by atoms with Crippen LogP contribution in [0.2, 0.25) is 0 Å². The molecule has 1 aliphatic heterocycles. The topological polar surface area (TPSA) is 84.9 Å². The molecule has 0 bridgehead atoms. The van der Waals surface area contributed by atoms with Crippen molar-refractivity contribution >= 4 is 12.6 Å². The number of fused-ring (bicyclic) bond motifs is 1. The van der Waals surface area contributed by atoms with Gasteiger partial charge in [-0.3, -0.25) is 0 Å². The lowest BCUT2D eigenvalue weighted by Crippen LogP contribution is -2.30. The molecule has 0 spiro atoms. The lowest BCUT2D eigenvalue weighted by atomic mass is 9.78. The first-order valence-electron chi connectivity index (χ1n) is 5.78. The van der Waals surface area contributed by atoms with E-state index in [1.54, 1.807) is 0 Å². The number of aliphatic hydroxyl groups is 1. The van der Waals surface area contributed by atoms with Gasteiger partial charge in [0, 0.05) is 31.1 Å². The van der Waals surface area contributed by atoms with Crippen molar-refractivity contribution in [3.63, 3.8) is 0 Å². The summed E-state index contributed by atoms with van der Waals surface area (Å²) >= 11 is 0. The molecule has 0 aromatic heterocycles. The van der Waals surface area contributed by atoms with Crippen LogP contribution in [0.3, 0.4) is 0 Å². The van der Waals surface area contributed by atoms with Crippen LogP contribution < -0.4 is 15.9 Å². The monoisotopic (exact) mass is 255 g/mol. The molecular formula is C11H15BFNO4. The molecule has 7 heteroatoms. The predicted molar refractivity (Wildman–Crippen MR) is 64.1 cm³/mol. The third-order valence-corrected chi connectivity index (χ3v) is 2.80. The van der Waals surface area contributed by atoms with Crippen LogP contribution in [0.15, 0.2) is 12.1 Å². The van der Waals surface area contributed by atoms with Crippen molar-refractivity contribution in [1.82, 2.24) is 0 Å². The second kappa shape index (κ2) is 5.66. The molecule has 98 valence electrons. The first kappa shape index (κ1) is 13.3. The van der Waals surface area contributed by atoms with Crippen molar-refractivity contribution in [3.05, 3.63) is 23.5 Å². The van der Waals surface area contributed by atoms with Gasteiger partial charge in [0.2, 0.25) is 0 Å². The average molecular weight is 255 g/mol. The average Bonchev–Trinajstić information content (AvgIpc) is 2.66. The number of hydrogen-bond acceptors (Lipinski definition) is 5. The molecule has 0 unspecified atom stereocenters. The summed E-state index contributed by atoms with van der Waals surface area (Å²) in [4.78, 5) is 0. The molecular weight excluding hydrogens is 240 g/mol. The van der Waals surface area contributed by atoms with Crippen molar-refractivity contribution in [2.24, 2.45) is 5.73 Å². The summed E-state index contributed by atoms with van der Waals surface area (Å²) < 4.78 is 24.0. The molecule has 1 aliphatic rings. The van der Waals surface area contributed by atoms with Gasteiger partial charge in [0.25, 0.3) is 0 Å². The first-order valence-corrected chi connectivity index (χ1v) is 5.78. The van der Waals surface area contributed by atoms with E-state index in [9.17, 15) is 9.41 Å². The summed E-state index contributed by atoms with van der Waals surface area (Å²) in [6, 6.07) is 2.49. The van der Waals surface area contributed by atoms with Gasteiger partial charge in [-0.1, -0.05) is 0 Å². The molecule has 2 rings (SSSR count). The van der Waals surface area contributed by atoms with Crippen molar-refractivity contribution in [2.75, 3.05) is 19.8 Å². The zero-order valence-corrected chi connectivity index (χ0v) is 9.80. The van der Waals surface area contributed by atoms with Gasteiger partial charge in [0.1, 0.15) is 11.6 Å². The van der Waals surface area contributed by atoms with E-state index < -0.39 is 19.0 Å². The van der Waals surface area contributed by atoms with Crippen LogP contribution in [-0.2, 0) is 4.65 Å². The van der Waals surface area contributed by atoms with E-state index in [0.29, 0.717) is 17.4 Å². The number of ether oxygens (including phenoxy) is 1. The number of halogens is 1. The Balaban J connectivity index is 2.30. The van der Waals surface area contributed by atoms with E-state index in [4.69, 9.17) is 20.2 Å². The van der Waals surface area contributed by atoms with Gasteiger partial charge >= 0.3 is 7.12 Å². The van der Waals surface area contributed by atoms with Gasteiger partial charge in [-0.15, -0.1) is 0 Å². The molecule has 1 aromatic carbocycles. The SMILES string of the molecule is NC[C@H]1OB(O)c2c(OCCCO)cc(F)cc21. The standard InChI is InChI=1S/C11H15BFNO4/c13-7-4-8-10(6-14)18-12(16)11(8)9(5-7)17-3-1-2-15/h4-5,10,15-16H,1-3,6,14H2/t10-/m1/s1. The minimum atomic E-state index is -1.15. The third kappa shape index (κ3) is 2.49. The molecule has 0 amide bonds. The quantitative estimate of drug-likeness (QED) is 0.478. The summed E-state index contributed by atoms with van der Waals surface area (Å²) in [6.07, 6.45) is -0.0892. The molecule has 0 fully saturated rings. The zero-order chi connectivity index (χ0) is 13.1. The Labute approximate surface area is 104 Å². The van der Waals surface area contributed by atoms with E-state index in [2.05, 4.69) is 0 Å². The van der Waals surface area contributed by atoms with Crippen LogP contribution in [-0.4, -0.2) is 37.0 Å². The fraction of sp³-hybridized carbons (Fsp3) is 0.455. The molecule has 18 heavy (non-hydrogen) atoms. The number of hydrogen-bond donors (Lipinski definition) is 3. The van der Waals surface area contributed by atoms with Gasteiger partial charge in [0.15, 0.2) is 0 Å². The number of aliphatic hydroxyl groups excluding tert-OH is 1. The molecule has 0 saturated carbocycles. The first-order chi connectivity index (χ1) is 8.67. The smallest absolute Gasteiger partial charge is 0.494 e. The molecule has 5 nitrogen and oxygen atoms in total. The fourth-order valence-corrected chi connectivity index (χ4v) is 1.99. The number of rotatable bonds is 5. The van der Waals surface area contributed by atoms with Crippen molar-refractivity contribution < 1.29 is 23.9 Å². The second-order valence-corrected chi connectivity index (χ2v) is 4.05. The van der Waals surface area contributed by atoms with Crippen LogP contribution in [0.25, 0.3) is 0 Å². The van der Waals surface area contributed by atoms with E-state index in [-0.39, 0.29) is 25.5 Å². The molecule has 1 aromatic rings. The van der Waals surface area contributed by atoms with Gasteiger partial charge in [-0.2, -0.15) is 0 Å². The predicted octanol–water partition coefficient (Wildman–Crippen LogP) is -0.696. The van der Waals surface area contributed by atoms with Gasteiger partial charge < -0.3 is 25.3 Å². The Bertz CT molecular complexity index is 432. The normalized spacial score (nSPS) is 18.0. The maximum atomic E-state index is 13.5. The Morgan fingerprint density at radius 1 is 1.50 bits per heavy atom. The highest BCUT2D eigenvalue weighted by atomic mass is 19.1. The Hall–Kier alpha value is -1.15. The van der Waals surface area contributed by atoms with Crippen molar-refractivity contribution in [1.29, 1.82) is 0 Å². The van der Waals surface area contributed by atoms with Crippen LogP contribution in [0.1, 0.15) is 18.1 Å². The molecule has 0 saturated heterocycles. The fourth-order valence-electron chi connectivity index (χ4n) is 1.99. The zero-order valence-electron chi connectivity index (χ0n) is 9.80. The summed E-state index contributed by atoms with van der Waals surface area (Å²) in [7, 11) is -1.15. The summed E-state index contributed by atoms with van der Waals surface area (Å²) in [5.41, 5.74) is 6.44. The second-order valence-electron chi connectivity index (χ2n) is 4.05. The molecule has 0 radical (unpaired) electrons. The van der Waals surface area contributed by atoms with Crippen LogP contribution >= 0.6 is 0 Å². The largest absolute Gasteiger partial charge is 0.495 e. The van der Waals surface area contributed by atoms with Crippen LogP contribution in [0.5, 0.6) is 5.75 Å². The van der Waals surface area contributed by atoms with Crippen molar-refractivity contribution in [2.45, 2.75) is 12.5 Å². The minimum Gasteiger partial charge on any atom is -0.494 e. The van der Waals surface area contributed by atoms with Gasteiger partial charge in [0.05, 0.1) is 12.7 Å². The molecule has 4 N–H and O–H groups in total. The highest BCUT2D eigenvalue weighted by Crippen LogP contribution is 2.28. The number of nitrogens with two attached hydrogens (primary N) is 1. The molecule has 0 aliphatic carbocycles. The van der Waals surface area contributed by atoms with E-state index in [1.165, 1.54) is 12.1 Å². The van der Waals surface area contributed by atoms with E-state index in [0.717, 1.165) is 0 Å². The van der Waals surface area contributed by atoms with Gasteiger partial charge in [-0.05, 0) is 11.6 Å².